The molecule has 0 amide bonds. The van der Waals surface area contributed by atoms with Gasteiger partial charge in [-0.3, -0.25) is 0 Å². The monoisotopic (exact) mass is 301 g/mol. The van der Waals surface area contributed by atoms with Gasteiger partial charge in [0.05, 0.1) is 10.2 Å². The number of aromatic carboxylic acids is 1. The van der Waals surface area contributed by atoms with E-state index in [1.807, 2.05) is 4.57 Å². The molecule has 17 heavy (non-hydrogen) atoms. The van der Waals surface area contributed by atoms with E-state index in [2.05, 4.69) is 29.8 Å². The summed E-state index contributed by atoms with van der Waals surface area (Å²) in [7, 11) is 0. The Hall–Kier alpha value is -0.770. The van der Waals surface area contributed by atoms with Crippen molar-refractivity contribution in [3.05, 3.63) is 22.4 Å². The molecular weight excluding hydrogens is 282 g/mol. The predicted octanol–water partition coefficient (Wildman–Crippen LogP) is 4.17. The number of aromatic nitrogens is 1. The summed E-state index contributed by atoms with van der Waals surface area (Å²) in [6.45, 7) is 5.28. The van der Waals surface area contributed by atoms with E-state index in [0.717, 1.165) is 17.6 Å². The van der Waals surface area contributed by atoms with Crippen LogP contribution in [0.3, 0.4) is 0 Å². The lowest BCUT2D eigenvalue weighted by Gasteiger charge is -2.16. The lowest BCUT2D eigenvalue weighted by molar-refractivity contribution is 0.0697. The third-order valence-electron chi connectivity index (χ3n) is 3.09. The first kappa shape index (κ1) is 14.3. The van der Waals surface area contributed by atoms with Gasteiger partial charge in [0, 0.05) is 12.7 Å². The first-order valence-corrected chi connectivity index (χ1v) is 6.96. The first-order valence-electron chi connectivity index (χ1n) is 6.17. The molecule has 4 heteroatoms. The molecular formula is C13H20BrNO2. The fraction of sp³-hybridized carbons (Fsp3) is 0.615. The number of unbranched alkanes of at least 4 members (excludes halogenated alkanes) is 1. The summed E-state index contributed by atoms with van der Waals surface area (Å²) < 4.78 is 2.85. The summed E-state index contributed by atoms with van der Waals surface area (Å²) >= 11 is 3.41. The number of carboxylic acids is 1. The Morgan fingerprint density at radius 1 is 1.53 bits per heavy atom. The average molecular weight is 302 g/mol. The summed E-state index contributed by atoms with van der Waals surface area (Å²) in [5.41, 5.74) is 0.349. The second-order valence-corrected chi connectivity index (χ2v) is 5.24. The maximum atomic E-state index is 10.9. The number of carbonyl (C=O) groups is 1. The number of rotatable bonds is 7. The number of hydrogen-bond donors (Lipinski definition) is 1. The minimum atomic E-state index is -0.869. The molecule has 0 aromatic carbocycles. The quantitative estimate of drug-likeness (QED) is 0.821. The minimum Gasteiger partial charge on any atom is -0.478 e. The van der Waals surface area contributed by atoms with Crippen LogP contribution in [0.5, 0.6) is 0 Å². The Bertz CT molecular complexity index is 373. The van der Waals surface area contributed by atoms with Crippen LogP contribution in [0.2, 0.25) is 0 Å². The Balaban J connectivity index is 2.68. The van der Waals surface area contributed by atoms with Crippen LogP contribution in [0.15, 0.2) is 16.9 Å². The molecule has 1 aromatic heterocycles. The summed E-state index contributed by atoms with van der Waals surface area (Å²) in [5, 5.41) is 8.92. The van der Waals surface area contributed by atoms with Gasteiger partial charge >= 0.3 is 5.97 Å². The van der Waals surface area contributed by atoms with Crippen LogP contribution in [0.1, 0.15) is 49.9 Å². The highest BCUT2D eigenvalue weighted by Crippen LogP contribution is 2.21. The zero-order valence-electron chi connectivity index (χ0n) is 10.4. The van der Waals surface area contributed by atoms with E-state index in [4.69, 9.17) is 5.11 Å². The van der Waals surface area contributed by atoms with Crippen molar-refractivity contribution in [3.63, 3.8) is 0 Å². The van der Waals surface area contributed by atoms with Gasteiger partial charge in [-0.2, -0.15) is 0 Å². The molecule has 1 atom stereocenters. The summed E-state index contributed by atoms with van der Waals surface area (Å²) in [5.74, 6) is -0.244. The van der Waals surface area contributed by atoms with Gasteiger partial charge < -0.3 is 9.67 Å². The molecule has 0 saturated carbocycles. The molecule has 1 N–H and O–H groups in total. The molecule has 0 aliphatic rings. The number of halogens is 1. The molecule has 0 fully saturated rings. The van der Waals surface area contributed by atoms with Crippen molar-refractivity contribution < 1.29 is 9.90 Å². The minimum absolute atomic E-state index is 0.349. The van der Waals surface area contributed by atoms with Gasteiger partial charge in [0.25, 0.3) is 0 Å². The van der Waals surface area contributed by atoms with Crippen molar-refractivity contribution in [2.45, 2.75) is 46.1 Å². The van der Waals surface area contributed by atoms with Gasteiger partial charge in [-0.15, -0.1) is 0 Å². The van der Waals surface area contributed by atoms with E-state index in [1.54, 1.807) is 12.3 Å². The maximum absolute atomic E-state index is 10.9. The third kappa shape index (κ3) is 4.19. The van der Waals surface area contributed by atoms with Crippen LogP contribution in [0, 0.1) is 5.92 Å². The number of hydrogen-bond acceptors (Lipinski definition) is 1. The van der Waals surface area contributed by atoms with Crippen molar-refractivity contribution in [2.24, 2.45) is 5.92 Å². The van der Waals surface area contributed by atoms with Gasteiger partial charge in [0.15, 0.2) is 0 Å². The molecule has 0 spiro atoms. The highest BCUT2D eigenvalue weighted by atomic mass is 79.9. The molecule has 0 saturated heterocycles. The van der Waals surface area contributed by atoms with Gasteiger partial charge in [0.1, 0.15) is 0 Å². The second-order valence-electron chi connectivity index (χ2n) is 4.43. The van der Waals surface area contributed by atoms with E-state index in [0.29, 0.717) is 11.5 Å². The lowest BCUT2D eigenvalue weighted by Crippen LogP contribution is -2.09. The SMILES string of the molecule is CCCCC(CC)Cn1cc(C(=O)O)cc1Br. The number of nitrogens with zero attached hydrogens (tertiary/aromatic N) is 1. The molecule has 0 aliphatic carbocycles. The van der Waals surface area contributed by atoms with Crippen molar-refractivity contribution in [1.29, 1.82) is 0 Å². The van der Waals surface area contributed by atoms with E-state index in [1.165, 1.54) is 19.3 Å². The fourth-order valence-corrected chi connectivity index (χ4v) is 2.42. The van der Waals surface area contributed by atoms with Crippen LogP contribution in [-0.2, 0) is 6.54 Å². The van der Waals surface area contributed by atoms with Crippen molar-refractivity contribution in [2.75, 3.05) is 0 Å². The van der Waals surface area contributed by atoms with Crippen LogP contribution < -0.4 is 0 Å². The van der Waals surface area contributed by atoms with Gasteiger partial charge in [-0.25, -0.2) is 4.79 Å². The molecule has 1 unspecified atom stereocenters. The van der Waals surface area contributed by atoms with Crippen molar-refractivity contribution >= 4 is 21.9 Å². The zero-order chi connectivity index (χ0) is 12.8. The summed E-state index contributed by atoms with van der Waals surface area (Å²) in [6.07, 6.45) is 6.50. The molecule has 3 nitrogen and oxygen atoms in total. The maximum Gasteiger partial charge on any atom is 0.337 e. The fourth-order valence-electron chi connectivity index (χ4n) is 1.93. The second kappa shape index (κ2) is 6.84. The van der Waals surface area contributed by atoms with E-state index >= 15 is 0 Å². The Kier molecular flexibility index (Phi) is 5.75. The first-order chi connectivity index (χ1) is 8.08. The Labute approximate surface area is 111 Å². The summed E-state index contributed by atoms with van der Waals surface area (Å²) in [6, 6.07) is 1.66. The summed E-state index contributed by atoms with van der Waals surface area (Å²) in [4.78, 5) is 10.9. The number of carboxylic acid groups (broad SMARTS) is 1. The molecule has 96 valence electrons. The average Bonchev–Trinajstić information content (AvgIpc) is 2.66. The largest absolute Gasteiger partial charge is 0.478 e. The van der Waals surface area contributed by atoms with E-state index in [9.17, 15) is 4.79 Å². The van der Waals surface area contributed by atoms with E-state index < -0.39 is 5.97 Å². The molecule has 1 rings (SSSR count). The molecule has 1 heterocycles. The highest BCUT2D eigenvalue weighted by molar-refractivity contribution is 9.10. The molecule has 0 aliphatic heterocycles. The van der Waals surface area contributed by atoms with Gasteiger partial charge in [-0.1, -0.05) is 33.1 Å². The molecule has 0 radical (unpaired) electrons. The smallest absolute Gasteiger partial charge is 0.337 e. The Morgan fingerprint density at radius 3 is 2.71 bits per heavy atom. The van der Waals surface area contributed by atoms with Gasteiger partial charge in [0.2, 0.25) is 0 Å². The lowest BCUT2D eigenvalue weighted by atomic mass is 9.99. The van der Waals surface area contributed by atoms with Crippen LogP contribution in [0.4, 0.5) is 0 Å². The third-order valence-corrected chi connectivity index (χ3v) is 3.77. The van der Waals surface area contributed by atoms with Crippen LogP contribution in [0.25, 0.3) is 0 Å². The standard InChI is InChI=1S/C13H20BrNO2/c1-3-5-6-10(4-2)8-15-9-11(13(16)17)7-12(15)14/h7,9-10H,3-6,8H2,1-2H3,(H,16,17). The van der Waals surface area contributed by atoms with Crippen LogP contribution in [-0.4, -0.2) is 15.6 Å². The van der Waals surface area contributed by atoms with Crippen molar-refractivity contribution in [1.82, 2.24) is 4.57 Å². The molecule has 1 aromatic rings. The highest BCUT2D eigenvalue weighted by Gasteiger charge is 2.12. The molecule has 0 bridgehead atoms. The predicted molar refractivity (Wildman–Crippen MR) is 72.4 cm³/mol. The van der Waals surface area contributed by atoms with Crippen molar-refractivity contribution in [3.8, 4) is 0 Å². The van der Waals surface area contributed by atoms with E-state index in [-0.39, 0.29) is 0 Å². The topological polar surface area (TPSA) is 42.2 Å². The van der Waals surface area contributed by atoms with Gasteiger partial charge in [-0.05, 0) is 34.3 Å². The normalized spacial score (nSPS) is 12.6. The zero-order valence-corrected chi connectivity index (χ0v) is 12.0. The Morgan fingerprint density at radius 2 is 2.24 bits per heavy atom. The van der Waals surface area contributed by atoms with Crippen LogP contribution >= 0.6 is 15.9 Å².